The summed E-state index contributed by atoms with van der Waals surface area (Å²) in [5.41, 5.74) is 0.629. The molecule has 0 unspecified atom stereocenters. The molecule has 0 amide bonds. The van der Waals surface area contributed by atoms with Crippen LogP contribution in [0.25, 0.3) is 10.8 Å². The maximum absolute atomic E-state index is 12.6. The number of hydrogen-bond donors (Lipinski definition) is 1. The van der Waals surface area contributed by atoms with E-state index in [-0.39, 0.29) is 5.75 Å². The van der Waals surface area contributed by atoms with Crippen LogP contribution in [0, 0.1) is 0 Å². The van der Waals surface area contributed by atoms with Crippen LogP contribution in [-0.4, -0.2) is 61.8 Å². The van der Waals surface area contributed by atoms with Crippen molar-refractivity contribution >= 4 is 32.4 Å². The molecule has 1 aliphatic rings. The largest absolute Gasteiger partial charge is 0.338 e. The van der Waals surface area contributed by atoms with Crippen molar-refractivity contribution in [2.45, 2.75) is 0 Å². The van der Waals surface area contributed by atoms with E-state index in [1.54, 1.807) is 24.5 Å². The molecule has 0 saturated carbocycles. The van der Waals surface area contributed by atoms with Crippen molar-refractivity contribution in [1.29, 1.82) is 0 Å². The van der Waals surface area contributed by atoms with Crippen LogP contribution in [0.3, 0.4) is 0 Å². The van der Waals surface area contributed by atoms with Crippen LogP contribution in [0.15, 0.2) is 60.9 Å². The second-order valence-electron chi connectivity index (χ2n) is 6.83. The van der Waals surface area contributed by atoms with Gasteiger partial charge in [0.2, 0.25) is 16.0 Å². The first kappa shape index (κ1) is 18.6. The number of sulfonamides is 1. The molecule has 2 heterocycles. The molecule has 146 valence electrons. The Morgan fingerprint density at radius 1 is 0.893 bits per heavy atom. The minimum atomic E-state index is -3.42. The number of benzene rings is 2. The van der Waals surface area contributed by atoms with E-state index in [0.29, 0.717) is 12.2 Å². The van der Waals surface area contributed by atoms with E-state index in [9.17, 15) is 8.42 Å². The molecule has 1 saturated heterocycles. The maximum atomic E-state index is 12.6. The monoisotopic (exact) mass is 397 g/mol. The molecule has 1 aromatic heterocycles. The van der Waals surface area contributed by atoms with Crippen molar-refractivity contribution in [2.75, 3.05) is 48.1 Å². The van der Waals surface area contributed by atoms with E-state index in [4.69, 9.17) is 0 Å². The zero-order valence-electron chi connectivity index (χ0n) is 15.5. The fourth-order valence-corrected chi connectivity index (χ4v) is 4.52. The Morgan fingerprint density at radius 3 is 2.39 bits per heavy atom. The molecule has 1 fully saturated rings. The second-order valence-corrected chi connectivity index (χ2v) is 8.67. The second kappa shape index (κ2) is 8.12. The van der Waals surface area contributed by atoms with Gasteiger partial charge in [-0.2, -0.15) is 0 Å². The molecule has 1 N–H and O–H groups in total. The van der Waals surface area contributed by atoms with Crippen LogP contribution in [0.5, 0.6) is 0 Å². The SMILES string of the molecule is O=S(=O)(CCN1CCN(c2ncccn2)CC1)Nc1cccc2ccccc12. The van der Waals surface area contributed by atoms with Crippen molar-refractivity contribution < 1.29 is 8.42 Å². The van der Waals surface area contributed by atoms with Gasteiger partial charge in [0.15, 0.2) is 0 Å². The average molecular weight is 398 g/mol. The van der Waals surface area contributed by atoms with Crippen molar-refractivity contribution in [3.8, 4) is 0 Å². The van der Waals surface area contributed by atoms with Crippen LogP contribution in [0.1, 0.15) is 0 Å². The third-order valence-corrected chi connectivity index (χ3v) is 6.19. The van der Waals surface area contributed by atoms with Crippen LogP contribution in [-0.2, 0) is 10.0 Å². The minimum absolute atomic E-state index is 0.0675. The topological polar surface area (TPSA) is 78.4 Å². The van der Waals surface area contributed by atoms with E-state index in [0.717, 1.165) is 42.9 Å². The minimum Gasteiger partial charge on any atom is -0.338 e. The molecule has 0 bridgehead atoms. The Morgan fingerprint density at radius 2 is 1.61 bits per heavy atom. The van der Waals surface area contributed by atoms with Crippen LogP contribution in [0.4, 0.5) is 11.6 Å². The fraction of sp³-hybridized carbons (Fsp3) is 0.300. The summed E-state index contributed by atoms with van der Waals surface area (Å²) in [6.07, 6.45) is 3.47. The number of rotatable bonds is 6. The van der Waals surface area contributed by atoms with Crippen LogP contribution in [0.2, 0.25) is 0 Å². The first-order valence-electron chi connectivity index (χ1n) is 9.33. The summed E-state index contributed by atoms with van der Waals surface area (Å²) in [6, 6.07) is 15.2. The molecular formula is C20H23N5O2S. The molecular weight excluding hydrogens is 374 g/mol. The lowest BCUT2D eigenvalue weighted by Crippen LogP contribution is -2.48. The summed E-state index contributed by atoms with van der Waals surface area (Å²) in [5, 5.41) is 1.92. The Hall–Kier alpha value is -2.71. The lowest BCUT2D eigenvalue weighted by atomic mass is 10.1. The fourth-order valence-electron chi connectivity index (χ4n) is 3.41. The van der Waals surface area contributed by atoms with Gasteiger partial charge in [0.1, 0.15) is 0 Å². The number of piperazine rings is 1. The van der Waals surface area contributed by atoms with E-state index < -0.39 is 10.0 Å². The molecule has 3 aromatic rings. The van der Waals surface area contributed by atoms with Gasteiger partial charge in [0, 0.05) is 50.5 Å². The van der Waals surface area contributed by atoms with Gasteiger partial charge in [-0.15, -0.1) is 0 Å². The third-order valence-electron chi connectivity index (χ3n) is 4.94. The van der Waals surface area contributed by atoms with Gasteiger partial charge >= 0.3 is 0 Å². The Bertz CT molecular complexity index is 1030. The molecule has 0 aliphatic carbocycles. The summed E-state index contributed by atoms with van der Waals surface area (Å²) < 4.78 is 28.0. The number of fused-ring (bicyclic) bond motifs is 1. The molecule has 28 heavy (non-hydrogen) atoms. The van der Waals surface area contributed by atoms with E-state index in [1.165, 1.54) is 0 Å². The lowest BCUT2D eigenvalue weighted by Gasteiger charge is -2.34. The highest BCUT2D eigenvalue weighted by molar-refractivity contribution is 7.92. The summed E-state index contributed by atoms with van der Waals surface area (Å²) in [4.78, 5) is 12.8. The van der Waals surface area contributed by atoms with Crippen molar-refractivity contribution in [1.82, 2.24) is 14.9 Å². The van der Waals surface area contributed by atoms with E-state index in [2.05, 4.69) is 24.5 Å². The number of hydrogen-bond acceptors (Lipinski definition) is 6. The number of aromatic nitrogens is 2. The summed E-state index contributed by atoms with van der Waals surface area (Å²) in [6.45, 7) is 3.68. The van der Waals surface area contributed by atoms with Gasteiger partial charge in [0.25, 0.3) is 0 Å². The molecule has 0 spiro atoms. The van der Waals surface area contributed by atoms with Crippen molar-refractivity contribution in [3.63, 3.8) is 0 Å². The zero-order valence-corrected chi connectivity index (χ0v) is 16.3. The highest BCUT2D eigenvalue weighted by Gasteiger charge is 2.21. The van der Waals surface area contributed by atoms with Crippen molar-refractivity contribution in [3.05, 3.63) is 60.9 Å². The molecule has 0 radical (unpaired) electrons. The Labute approximate surface area is 165 Å². The molecule has 1 aliphatic heterocycles. The van der Waals surface area contributed by atoms with Gasteiger partial charge in [0.05, 0.1) is 11.4 Å². The predicted octanol–water partition coefficient (Wildman–Crippen LogP) is 2.19. The number of anilines is 2. The van der Waals surface area contributed by atoms with Gasteiger partial charge < -0.3 is 4.90 Å². The van der Waals surface area contributed by atoms with Crippen LogP contribution < -0.4 is 9.62 Å². The van der Waals surface area contributed by atoms with Gasteiger partial charge in [-0.3, -0.25) is 9.62 Å². The molecule has 0 atom stereocenters. The van der Waals surface area contributed by atoms with Gasteiger partial charge in [-0.25, -0.2) is 18.4 Å². The summed E-state index contributed by atoms with van der Waals surface area (Å²) in [5.74, 6) is 0.797. The highest BCUT2D eigenvalue weighted by Crippen LogP contribution is 2.24. The Balaban J connectivity index is 1.33. The quantitative estimate of drug-likeness (QED) is 0.687. The molecule has 8 heteroatoms. The summed E-state index contributed by atoms with van der Waals surface area (Å²) in [7, 11) is -3.42. The molecule has 7 nitrogen and oxygen atoms in total. The maximum Gasteiger partial charge on any atom is 0.234 e. The molecule has 4 rings (SSSR count). The predicted molar refractivity (Wildman–Crippen MR) is 112 cm³/mol. The smallest absolute Gasteiger partial charge is 0.234 e. The first-order valence-corrected chi connectivity index (χ1v) is 11.0. The Kier molecular flexibility index (Phi) is 5.40. The van der Waals surface area contributed by atoms with E-state index in [1.807, 2.05) is 36.4 Å². The van der Waals surface area contributed by atoms with E-state index >= 15 is 0 Å². The standard InChI is InChI=1S/C20H23N5O2S/c26-28(27,23-19-8-3-6-17-5-1-2-7-18(17)19)16-15-24-11-13-25(14-12-24)20-21-9-4-10-22-20/h1-10,23H,11-16H2. The lowest BCUT2D eigenvalue weighted by molar-refractivity contribution is 0.270. The molecule has 2 aromatic carbocycles. The zero-order chi connectivity index (χ0) is 19.4. The van der Waals surface area contributed by atoms with Crippen molar-refractivity contribution in [2.24, 2.45) is 0 Å². The number of nitrogens with zero attached hydrogens (tertiary/aromatic N) is 4. The van der Waals surface area contributed by atoms with Crippen LogP contribution >= 0.6 is 0 Å². The van der Waals surface area contributed by atoms with Gasteiger partial charge in [-0.05, 0) is 17.5 Å². The highest BCUT2D eigenvalue weighted by atomic mass is 32.2. The first-order chi connectivity index (χ1) is 13.6. The summed E-state index contributed by atoms with van der Waals surface area (Å²) >= 11 is 0. The third kappa shape index (κ3) is 4.40. The van der Waals surface area contributed by atoms with Gasteiger partial charge in [-0.1, -0.05) is 36.4 Å². The average Bonchev–Trinajstić information content (AvgIpc) is 2.73. The number of nitrogens with one attached hydrogen (secondary N) is 1. The normalized spacial score (nSPS) is 15.6.